The minimum absolute atomic E-state index is 0.124. The molecule has 0 amide bonds. The minimum Gasteiger partial charge on any atom is -0.478 e. The van der Waals surface area contributed by atoms with Crippen LogP contribution in [0.1, 0.15) is 10.4 Å². The van der Waals surface area contributed by atoms with Crippen LogP contribution in [-0.4, -0.2) is 59.2 Å². The van der Waals surface area contributed by atoms with Gasteiger partial charge in [0.1, 0.15) is 5.56 Å². The molecule has 0 saturated carbocycles. The van der Waals surface area contributed by atoms with Crippen LogP contribution in [0.5, 0.6) is 0 Å². The summed E-state index contributed by atoms with van der Waals surface area (Å²) in [6.45, 7) is 3.54. The lowest BCUT2D eigenvalue weighted by Crippen LogP contribution is -2.45. The zero-order valence-corrected chi connectivity index (χ0v) is 14.6. The lowest BCUT2D eigenvalue weighted by Gasteiger charge is -2.32. The Morgan fingerprint density at radius 3 is 2.54 bits per heavy atom. The maximum absolute atomic E-state index is 11.8. The number of nitrogens with zero attached hydrogens (tertiary/aromatic N) is 4. The third-order valence-corrected chi connectivity index (χ3v) is 4.84. The Labute approximate surface area is 151 Å². The summed E-state index contributed by atoms with van der Waals surface area (Å²) in [5.74, 6) is -0.427. The highest BCUT2D eigenvalue weighted by molar-refractivity contribution is 6.02. The van der Waals surface area contributed by atoms with Crippen LogP contribution in [0.4, 0.5) is 5.95 Å². The van der Waals surface area contributed by atoms with Gasteiger partial charge >= 0.3 is 5.97 Å². The van der Waals surface area contributed by atoms with Crippen molar-refractivity contribution in [3.63, 3.8) is 0 Å². The quantitative estimate of drug-likeness (QED) is 0.785. The molecule has 4 rings (SSSR count). The number of rotatable bonds is 3. The number of anilines is 1. The second kappa shape index (κ2) is 6.72. The fourth-order valence-electron chi connectivity index (χ4n) is 3.33. The fraction of sp³-hybridized carbons (Fsp3) is 0.250. The molecule has 1 fully saturated rings. The van der Waals surface area contributed by atoms with Gasteiger partial charge in [0.25, 0.3) is 0 Å². The highest BCUT2D eigenvalue weighted by atomic mass is 16.4. The van der Waals surface area contributed by atoms with Gasteiger partial charge in [0.2, 0.25) is 5.95 Å². The Hall–Kier alpha value is -2.99. The molecule has 2 aromatic carbocycles. The Bertz CT molecular complexity index is 960. The molecule has 0 spiro atoms. The molecular formula is C20H20N4O2. The van der Waals surface area contributed by atoms with Crippen LogP contribution >= 0.6 is 0 Å². The largest absolute Gasteiger partial charge is 0.478 e. The lowest BCUT2D eigenvalue weighted by molar-refractivity contribution is 0.0697. The van der Waals surface area contributed by atoms with Crippen molar-refractivity contribution in [3.05, 3.63) is 54.2 Å². The zero-order valence-electron chi connectivity index (χ0n) is 14.6. The number of carboxylic acids is 1. The van der Waals surface area contributed by atoms with Gasteiger partial charge in [-0.15, -0.1) is 0 Å². The van der Waals surface area contributed by atoms with Crippen LogP contribution < -0.4 is 4.90 Å². The van der Waals surface area contributed by atoms with Gasteiger partial charge in [0, 0.05) is 37.9 Å². The van der Waals surface area contributed by atoms with Gasteiger partial charge in [-0.3, -0.25) is 0 Å². The summed E-state index contributed by atoms with van der Waals surface area (Å²) in [4.78, 5) is 25.1. The van der Waals surface area contributed by atoms with E-state index in [-0.39, 0.29) is 5.56 Å². The summed E-state index contributed by atoms with van der Waals surface area (Å²) < 4.78 is 0. The van der Waals surface area contributed by atoms with Gasteiger partial charge in [-0.05, 0) is 17.8 Å². The van der Waals surface area contributed by atoms with Crippen molar-refractivity contribution in [2.24, 2.45) is 0 Å². The van der Waals surface area contributed by atoms with Crippen molar-refractivity contribution in [3.8, 4) is 11.3 Å². The van der Waals surface area contributed by atoms with Crippen LogP contribution in [0.25, 0.3) is 22.0 Å². The smallest absolute Gasteiger partial charge is 0.339 e. The normalized spacial score (nSPS) is 15.3. The molecule has 1 aromatic heterocycles. The number of carbonyl (C=O) groups is 1. The van der Waals surface area contributed by atoms with Crippen LogP contribution in [0.3, 0.4) is 0 Å². The van der Waals surface area contributed by atoms with E-state index in [1.165, 1.54) is 6.20 Å². The topological polar surface area (TPSA) is 69.6 Å². The molecule has 0 bridgehead atoms. The van der Waals surface area contributed by atoms with Crippen molar-refractivity contribution in [2.45, 2.75) is 0 Å². The zero-order chi connectivity index (χ0) is 18.1. The van der Waals surface area contributed by atoms with Gasteiger partial charge in [-0.2, -0.15) is 0 Å². The van der Waals surface area contributed by atoms with E-state index in [4.69, 9.17) is 0 Å². The molecule has 6 heteroatoms. The standard InChI is InChI=1S/C20H20N4O2/c1-23-9-11-24(12-10-23)20-21-13-17(19(25)26)18(22-20)16-8-4-6-14-5-2-3-7-15(14)16/h2-8,13H,9-12H2,1H3,(H,25,26). The molecule has 1 saturated heterocycles. The molecular weight excluding hydrogens is 328 g/mol. The first-order valence-electron chi connectivity index (χ1n) is 8.65. The van der Waals surface area contributed by atoms with Gasteiger partial charge in [0.05, 0.1) is 5.69 Å². The first kappa shape index (κ1) is 16.5. The van der Waals surface area contributed by atoms with Crippen molar-refractivity contribution >= 4 is 22.7 Å². The average molecular weight is 348 g/mol. The summed E-state index contributed by atoms with van der Waals surface area (Å²) in [5, 5.41) is 11.7. The number of piperazine rings is 1. The molecule has 0 aliphatic carbocycles. The second-order valence-corrected chi connectivity index (χ2v) is 6.55. The molecule has 1 aliphatic rings. The molecule has 26 heavy (non-hydrogen) atoms. The number of benzene rings is 2. The Morgan fingerprint density at radius 2 is 1.77 bits per heavy atom. The van der Waals surface area contributed by atoms with E-state index in [0.29, 0.717) is 11.6 Å². The van der Waals surface area contributed by atoms with Crippen molar-refractivity contribution in [1.29, 1.82) is 0 Å². The molecule has 0 radical (unpaired) electrons. The summed E-state index contributed by atoms with van der Waals surface area (Å²) in [5.41, 5.74) is 1.41. The van der Waals surface area contributed by atoms with Gasteiger partial charge in [0.15, 0.2) is 0 Å². The molecule has 6 nitrogen and oxygen atoms in total. The number of aromatic carboxylic acids is 1. The summed E-state index contributed by atoms with van der Waals surface area (Å²) in [6.07, 6.45) is 1.43. The van der Waals surface area contributed by atoms with Crippen LogP contribution in [0.2, 0.25) is 0 Å². The number of fused-ring (bicyclic) bond motifs is 1. The first-order chi connectivity index (χ1) is 12.6. The first-order valence-corrected chi connectivity index (χ1v) is 8.65. The third-order valence-electron chi connectivity index (χ3n) is 4.84. The molecule has 0 unspecified atom stereocenters. The highest BCUT2D eigenvalue weighted by Crippen LogP contribution is 2.30. The molecule has 132 valence electrons. The second-order valence-electron chi connectivity index (χ2n) is 6.55. The number of carboxylic acid groups (broad SMARTS) is 1. The SMILES string of the molecule is CN1CCN(c2ncc(C(=O)O)c(-c3cccc4ccccc34)n2)CC1. The maximum atomic E-state index is 11.8. The van der Waals surface area contributed by atoms with Crippen molar-refractivity contribution in [1.82, 2.24) is 14.9 Å². The minimum atomic E-state index is -1.02. The van der Waals surface area contributed by atoms with Gasteiger partial charge in [-0.1, -0.05) is 42.5 Å². The van der Waals surface area contributed by atoms with E-state index in [2.05, 4.69) is 26.8 Å². The fourth-order valence-corrected chi connectivity index (χ4v) is 3.33. The molecule has 2 heterocycles. The molecule has 1 N–H and O–H groups in total. The predicted molar refractivity (Wildman–Crippen MR) is 102 cm³/mol. The molecule has 1 aliphatic heterocycles. The van der Waals surface area contributed by atoms with E-state index in [1.54, 1.807) is 0 Å². The van der Waals surface area contributed by atoms with E-state index >= 15 is 0 Å². The number of hydrogen-bond donors (Lipinski definition) is 1. The van der Waals surface area contributed by atoms with E-state index in [1.807, 2.05) is 42.5 Å². The Kier molecular flexibility index (Phi) is 4.26. The van der Waals surface area contributed by atoms with Crippen molar-refractivity contribution in [2.75, 3.05) is 38.1 Å². The van der Waals surface area contributed by atoms with Crippen LogP contribution in [0.15, 0.2) is 48.7 Å². The van der Waals surface area contributed by atoms with Crippen molar-refractivity contribution < 1.29 is 9.90 Å². The summed E-state index contributed by atoms with van der Waals surface area (Å²) >= 11 is 0. The average Bonchev–Trinajstić information content (AvgIpc) is 2.67. The van der Waals surface area contributed by atoms with E-state index < -0.39 is 5.97 Å². The predicted octanol–water partition coefficient (Wildman–Crippen LogP) is 2.75. The number of aromatic nitrogens is 2. The lowest BCUT2D eigenvalue weighted by atomic mass is 9.99. The summed E-state index contributed by atoms with van der Waals surface area (Å²) in [6, 6.07) is 13.8. The van der Waals surface area contributed by atoms with Crippen LogP contribution in [-0.2, 0) is 0 Å². The Morgan fingerprint density at radius 1 is 1.04 bits per heavy atom. The van der Waals surface area contributed by atoms with Gasteiger partial charge < -0.3 is 14.9 Å². The number of hydrogen-bond acceptors (Lipinski definition) is 5. The monoisotopic (exact) mass is 348 g/mol. The van der Waals surface area contributed by atoms with E-state index in [0.717, 1.165) is 42.5 Å². The molecule has 0 atom stereocenters. The highest BCUT2D eigenvalue weighted by Gasteiger charge is 2.21. The van der Waals surface area contributed by atoms with Gasteiger partial charge in [-0.25, -0.2) is 14.8 Å². The summed E-state index contributed by atoms with van der Waals surface area (Å²) in [7, 11) is 2.09. The molecule has 3 aromatic rings. The van der Waals surface area contributed by atoms with E-state index in [9.17, 15) is 9.90 Å². The third kappa shape index (κ3) is 2.99. The Balaban J connectivity index is 1.85. The maximum Gasteiger partial charge on any atom is 0.339 e. The van der Waals surface area contributed by atoms with Crippen LogP contribution in [0, 0.1) is 0 Å². The number of likely N-dealkylation sites (N-methyl/N-ethyl adjacent to an activating group) is 1.